The molecule has 0 aliphatic carbocycles. The second kappa shape index (κ2) is 5.73. The second-order valence-electron chi connectivity index (χ2n) is 3.74. The largest absolute Gasteiger partial charge is 0.315 e. The molecule has 0 bridgehead atoms. The van der Waals surface area contributed by atoms with Crippen molar-refractivity contribution in [2.24, 2.45) is 0 Å². The van der Waals surface area contributed by atoms with Crippen molar-refractivity contribution in [1.29, 1.82) is 0 Å². The molecule has 1 aliphatic rings. The number of hydrogen-bond acceptors (Lipinski definition) is 3. The molecule has 0 aromatic heterocycles. The van der Waals surface area contributed by atoms with Crippen molar-refractivity contribution in [2.45, 2.75) is 31.1 Å². The van der Waals surface area contributed by atoms with E-state index in [1.54, 1.807) is 6.26 Å². The zero-order chi connectivity index (χ0) is 9.68. The molecular formula is C9H20N2OS. The average molecular weight is 204 g/mol. The van der Waals surface area contributed by atoms with Crippen LogP contribution >= 0.6 is 0 Å². The molecule has 3 atom stereocenters. The summed E-state index contributed by atoms with van der Waals surface area (Å²) in [5, 5.41) is 7.10. The predicted molar refractivity (Wildman–Crippen MR) is 57.4 cm³/mol. The summed E-state index contributed by atoms with van der Waals surface area (Å²) < 4.78 is 11.0. The van der Waals surface area contributed by atoms with Crippen molar-refractivity contribution < 1.29 is 4.21 Å². The third-order valence-corrected chi connectivity index (χ3v) is 3.98. The van der Waals surface area contributed by atoms with E-state index in [-0.39, 0.29) is 0 Å². The Morgan fingerprint density at radius 3 is 3.00 bits per heavy atom. The Hall–Kier alpha value is 0.0700. The Bertz CT molecular complexity index is 169. The normalized spacial score (nSPS) is 27.4. The van der Waals surface area contributed by atoms with Gasteiger partial charge in [0.1, 0.15) is 0 Å². The van der Waals surface area contributed by atoms with Gasteiger partial charge >= 0.3 is 0 Å². The molecular weight excluding hydrogens is 184 g/mol. The highest BCUT2D eigenvalue weighted by atomic mass is 32.2. The lowest BCUT2D eigenvalue weighted by Crippen LogP contribution is -2.33. The van der Waals surface area contributed by atoms with Crippen molar-refractivity contribution >= 4 is 10.8 Å². The molecule has 3 nitrogen and oxygen atoms in total. The summed E-state index contributed by atoms with van der Waals surface area (Å²) in [6.45, 7) is 5.26. The lowest BCUT2D eigenvalue weighted by Gasteiger charge is -2.13. The molecule has 0 radical (unpaired) electrons. The van der Waals surface area contributed by atoms with Gasteiger partial charge in [0, 0.05) is 34.9 Å². The van der Waals surface area contributed by atoms with Gasteiger partial charge in [-0.15, -0.1) is 0 Å². The van der Waals surface area contributed by atoms with E-state index in [1.807, 2.05) is 6.92 Å². The smallest absolute Gasteiger partial charge is 0.0329 e. The molecule has 1 saturated heterocycles. The summed E-state index contributed by atoms with van der Waals surface area (Å²) in [5.41, 5.74) is 0. The highest BCUT2D eigenvalue weighted by molar-refractivity contribution is 7.84. The molecule has 13 heavy (non-hydrogen) atoms. The van der Waals surface area contributed by atoms with Gasteiger partial charge in [-0.1, -0.05) is 6.92 Å². The van der Waals surface area contributed by atoms with Crippen molar-refractivity contribution in [1.82, 2.24) is 10.6 Å². The molecule has 0 spiro atoms. The van der Waals surface area contributed by atoms with E-state index in [9.17, 15) is 4.21 Å². The second-order valence-corrected chi connectivity index (χ2v) is 5.54. The van der Waals surface area contributed by atoms with Gasteiger partial charge in [0.05, 0.1) is 0 Å². The van der Waals surface area contributed by atoms with E-state index in [0.29, 0.717) is 11.3 Å². The van der Waals surface area contributed by atoms with Crippen LogP contribution in [0.25, 0.3) is 0 Å². The van der Waals surface area contributed by atoms with E-state index in [0.717, 1.165) is 26.1 Å². The fraction of sp³-hybridized carbons (Fsp3) is 1.00. The van der Waals surface area contributed by atoms with Crippen LogP contribution in [0.15, 0.2) is 0 Å². The molecule has 2 N–H and O–H groups in total. The summed E-state index contributed by atoms with van der Waals surface area (Å²) in [6.07, 6.45) is 4.02. The van der Waals surface area contributed by atoms with Crippen LogP contribution in [-0.4, -0.2) is 41.4 Å². The monoisotopic (exact) mass is 204 g/mol. The molecule has 78 valence electrons. The van der Waals surface area contributed by atoms with Crippen LogP contribution in [0.3, 0.4) is 0 Å². The van der Waals surface area contributed by atoms with Gasteiger partial charge in [-0.05, 0) is 25.9 Å². The van der Waals surface area contributed by atoms with Crippen LogP contribution in [0.5, 0.6) is 0 Å². The van der Waals surface area contributed by atoms with E-state index in [1.165, 1.54) is 6.42 Å². The lowest BCUT2D eigenvalue weighted by atomic mass is 10.2. The predicted octanol–water partition coefficient (Wildman–Crippen LogP) is 0.0950. The molecule has 4 heteroatoms. The van der Waals surface area contributed by atoms with Crippen LogP contribution in [0.2, 0.25) is 0 Å². The zero-order valence-electron chi connectivity index (χ0n) is 8.51. The Morgan fingerprint density at radius 1 is 1.69 bits per heavy atom. The minimum atomic E-state index is -0.669. The quantitative estimate of drug-likeness (QED) is 0.667. The zero-order valence-corrected chi connectivity index (χ0v) is 9.32. The van der Waals surface area contributed by atoms with Crippen molar-refractivity contribution in [3.8, 4) is 0 Å². The maximum atomic E-state index is 11.0. The van der Waals surface area contributed by atoms with Gasteiger partial charge in [-0.3, -0.25) is 4.21 Å². The Kier molecular flexibility index (Phi) is 4.91. The van der Waals surface area contributed by atoms with Crippen LogP contribution in [0, 0.1) is 0 Å². The fourth-order valence-electron chi connectivity index (χ4n) is 1.49. The minimum Gasteiger partial charge on any atom is -0.315 e. The van der Waals surface area contributed by atoms with E-state index < -0.39 is 10.8 Å². The van der Waals surface area contributed by atoms with Crippen molar-refractivity contribution in [3.63, 3.8) is 0 Å². The maximum Gasteiger partial charge on any atom is 0.0329 e. The summed E-state index contributed by atoms with van der Waals surface area (Å²) in [6, 6.07) is 0.637. The summed E-state index contributed by atoms with van der Waals surface area (Å²) >= 11 is 0. The highest BCUT2D eigenvalue weighted by Crippen LogP contribution is 2.00. The van der Waals surface area contributed by atoms with Gasteiger partial charge in [-0.25, -0.2) is 0 Å². The SMILES string of the molecule is CC(CCNC1CCNC1)S(C)=O. The first-order valence-corrected chi connectivity index (χ1v) is 6.58. The summed E-state index contributed by atoms with van der Waals surface area (Å²) in [7, 11) is -0.669. The third kappa shape index (κ3) is 4.20. The average Bonchev–Trinajstić information content (AvgIpc) is 2.56. The molecule has 1 heterocycles. The van der Waals surface area contributed by atoms with Gasteiger partial charge < -0.3 is 10.6 Å². The fourth-order valence-corrected chi connectivity index (χ4v) is 1.94. The number of hydrogen-bond donors (Lipinski definition) is 2. The number of nitrogens with one attached hydrogen (secondary N) is 2. The molecule has 0 aromatic carbocycles. The lowest BCUT2D eigenvalue weighted by molar-refractivity contribution is 0.532. The van der Waals surface area contributed by atoms with E-state index in [2.05, 4.69) is 10.6 Å². The molecule has 3 unspecified atom stereocenters. The van der Waals surface area contributed by atoms with Gasteiger partial charge in [0.25, 0.3) is 0 Å². The van der Waals surface area contributed by atoms with Gasteiger partial charge in [-0.2, -0.15) is 0 Å². The van der Waals surface area contributed by atoms with Gasteiger partial charge in [0.15, 0.2) is 0 Å². The molecule has 0 saturated carbocycles. The van der Waals surface area contributed by atoms with Crippen LogP contribution in [-0.2, 0) is 10.8 Å². The first-order valence-electron chi connectivity index (χ1n) is 4.96. The van der Waals surface area contributed by atoms with E-state index in [4.69, 9.17) is 0 Å². The standard InChI is InChI=1S/C9H20N2OS/c1-8(13(2)12)3-6-11-9-4-5-10-7-9/h8-11H,3-7H2,1-2H3. The van der Waals surface area contributed by atoms with Crippen LogP contribution in [0.1, 0.15) is 19.8 Å². The highest BCUT2D eigenvalue weighted by Gasteiger charge is 2.13. The van der Waals surface area contributed by atoms with Crippen LogP contribution in [0.4, 0.5) is 0 Å². The van der Waals surface area contributed by atoms with Crippen LogP contribution < -0.4 is 10.6 Å². The molecule has 1 fully saturated rings. The molecule has 1 aliphatic heterocycles. The van der Waals surface area contributed by atoms with E-state index >= 15 is 0 Å². The maximum absolute atomic E-state index is 11.0. The van der Waals surface area contributed by atoms with Crippen molar-refractivity contribution in [2.75, 3.05) is 25.9 Å². The molecule has 1 rings (SSSR count). The first-order chi connectivity index (χ1) is 6.20. The van der Waals surface area contributed by atoms with Gasteiger partial charge in [0.2, 0.25) is 0 Å². The topological polar surface area (TPSA) is 41.1 Å². The number of rotatable bonds is 5. The molecule has 0 amide bonds. The Balaban J connectivity index is 2.02. The Labute approximate surface area is 83.1 Å². The Morgan fingerprint density at radius 2 is 2.46 bits per heavy atom. The molecule has 0 aromatic rings. The summed E-state index contributed by atoms with van der Waals surface area (Å²) in [5.74, 6) is 0. The van der Waals surface area contributed by atoms with Crippen molar-refractivity contribution in [3.05, 3.63) is 0 Å². The summed E-state index contributed by atoms with van der Waals surface area (Å²) in [4.78, 5) is 0. The minimum absolute atomic E-state index is 0.321. The first kappa shape index (κ1) is 11.1. The third-order valence-electron chi connectivity index (χ3n) is 2.61.